The number of aliphatic hydroxyl groups excluding tert-OH is 1. The molecule has 2 aromatic rings. The number of amides is 2. The maximum absolute atomic E-state index is 12.7. The number of nitrogen functional groups attached to an aromatic ring is 1. The third-order valence-corrected chi connectivity index (χ3v) is 3.81. The lowest BCUT2D eigenvalue weighted by Gasteiger charge is -2.21. The Morgan fingerprint density at radius 3 is 1.90 bits per heavy atom. The molecule has 2 atom stereocenters. The number of hydroxylamine groups is 1. The number of carbonyl (C=O) groups is 2. The largest absolute Gasteiger partial charge is 0.399 e. The Hall–Kier alpha value is -3.92. The average Bonchev–Trinajstić information content (AvgIpc) is 2.75. The van der Waals surface area contributed by atoms with Crippen LogP contribution in [0.4, 0.5) is 14.5 Å². The summed E-state index contributed by atoms with van der Waals surface area (Å²) in [7, 11) is 0. The highest BCUT2D eigenvalue weighted by Gasteiger charge is 2.34. The number of halogens is 2. The molecule has 0 aromatic heterocycles. The monoisotopic (exact) mass is 413 g/mol. The van der Waals surface area contributed by atoms with E-state index in [0.717, 1.165) is 11.0 Å². The van der Waals surface area contributed by atoms with E-state index in [9.17, 15) is 23.5 Å². The van der Waals surface area contributed by atoms with Crippen LogP contribution in [0.5, 0.6) is 0 Å². The Morgan fingerprint density at radius 2 is 1.43 bits per heavy atom. The van der Waals surface area contributed by atoms with E-state index in [0.29, 0.717) is 11.3 Å². The Balaban J connectivity index is 2.05. The maximum atomic E-state index is 12.7. The van der Waals surface area contributed by atoms with Crippen molar-refractivity contribution in [3.05, 3.63) is 65.2 Å². The highest BCUT2D eigenvalue weighted by atomic mass is 19.3. The summed E-state index contributed by atoms with van der Waals surface area (Å²) >= 11 is 0. The van der Waals surface area contributed by atoms with Gasteiger partial charge in [0, 0.05) is 22.4 Å². The molecule has 2 aromatic carbocycles. The average molecular weight is 413 g/mol. The highest BCUT2D eigenvalue weighted by Crippen LogP contribution is 2.09. The van der Waals surface area contributed by atoms with E-state index < -0.39 is 30.4 Å². The molecule has 7 nitrogen and oxygen atoms in total. The van der Waals surface area contributed by atoms with Gasteiger partial charge in [-0.1, -0.05) is 11.8 Å². The van der Waals surface area contributed by atoms with Crippen LogP contribution >= 0.6 is 0 Å². The van der Waals surface area contributed by atoms with Crippen LogP contribution < -0.4 is 16.5 Å². The molecule has 2 amide bonds. The van der Waals surface area contributed by atoms with E-state index in [1.165, 1.54) is 24.3 Å². The van der Waals surface area contributed by atoms with Crippen molar-refractivity contribution in [2.24, 2.45) is 0 Å². The highest BCUT2D eigenvalue weighted by molar-refractivity contribution is 5.97. The molecular weight excluding hydrogens is 396 g/mol. The van der Waals surface area contributed by atoms with E-state index in [1.807, 2.05) is 5.32 Å². The van der Waals surface area contributed by atoms with Crippen LogP contribution in [0.25, 0.3) is 0 Å². The summed E-state index contributed by atoms with van der Waals surface area (Å²) in [6, 6.07) is 10.6. The lowest BCUT2D eigenvalue weighted by Crippen LogP contribution is -2.54. The van der Waals surface area contributed by atoms with Crippen molar-refractivity contribution in [3.8, 4) is 23.7 Å². The second-order valence-corrected chi connectivity index (χ2v) is 5.95. The Bertz CT molecular complexity index is 1020. The molecule has 30 heavy (non-hydrogen) atoms. The number of rotatable bonds is 5. The van der Waals surface area contributed by atoms with E-state index in [4.69, 9.17) is 10.9 Å². The Labute approximate surface area is 170 Å². The number of alkyl halides is 2. The summed E-state index contributed by atoms with van der Waals surface area (Å²) in [5.41, 5.74) is 8.66. The first-order chi connectivity index (χ1) is 14.3. The number of anilines is 1. The lowest BCUT2D eigenvalue weighted by molar-refractivity contribution is -0.137. The van der Waals surface area contributed by atoms with Crippen LogP contribution in [0.1, 0.15) is 21.5 Å². The van der Waals surface area contributed by atoms with Gasteiger partial charge in [0.25, 0.3) is 18.2 Å². The number of carbonyl (C=O) groups excluding carboxylic acids is 2. The minimum absolute atomic E-state index is 0.0331. The van der Waals surface area contributed by atoms with Gasteiger partial charge in [0.1, 0.15) is 12.1 Å². The van der Waals surface area contributed by atoms with Crippen molar-refractivity contribution in [2.75, 3.05) is 5.73 Å². The SMILES string of the molecule is Nc1ccc(C#CC#Cc2ccc(C(=O)N[C@H](C(=O)NO)[C@H](O)C(F)F)cc2)cc1. The van der Waals surface area contributed by atoms with Crippen molar-refractivity contribution in [2.45, 2.75) is 18.6 Å². The summed E-state index contributed by atoms with van der Waals surface area (Å²) in [6.45, 7) is 0. The molecule has 0 unspecified atom stereocenters. The third-order valence-electron chi connectivity index (χ3n) is 3.81. The van der Waals surface area contributed by atoms with E-state index in [2.05, 4.69) is 23.7 Å². The molecule has 154 valence electrons. The molecule has 0 bridgehead atoms. The molecule has 0 aliphatic carbocycles. The van der Waals surface area contributed by atoms with Crippen molar-refractivity contribution >= 4 is 17.5 Å². The molecule has 0 fully saturated rings. The molecule has 2 rings (SSSR count). The smallest absolute Gasteiger partial charge is 0.268 e. The molecule has 0 radical (unpaired) electrons. The van der Waals surface area contributed by atoms with Gasteiger partial charge in [-0.3, -0.25) is 14.8 Å². The van der Waals surface area contributed by atoms with E-state index in [1.54, 1.807) is 24.3 Å². The van der Waals surface area contributed by atoms with Crippen LogP contribution in [0, 0.1) is 23.7 Å². The number of hydrogen-bond donors (Lipinski definition) is 5. The zero-order valence-corrected chi connectivity index (χ0v) is 15.4. The summed E-state index contributed by atoms with van der Waals surface area (Å²) in [6.07, 6.45) is -5.80. The second kappa shape index (κ2) is 10.6. The van der Waals surface area contributed by atoms with E-state index >= 15 is 0 Å². The van der Waals surface area contributed by atoms with Gasteiger partial charge < -0.3 is 16.2 Å². The van der Waals surface area contributed by atoms with Crippen molar-refractivity contribution in [1.29, 1.82) is 0 Å². The first-order valence-corrected chi connectivity index (χ1v) is 8.50. The van der Waals surface area contributed by atoms with E-state index in [-0.39, 0.29) is 5.56 Å². The fourth-order valence-electron chi connectivity index (χ4n) is 2.22. The molecule has 0 saturated carbocycles. The quantitative estimate of drug-likeness (QED) is 0.216. The number of aliphatic hydroxyl groups is 1. The van der Waals surface area contributed by atoms with Gasteiger partial charge in [0.05, 0.1) is 0 Å². The fourth-order valence-corrected chi connectivity index (χ4v) is 2.22. The zero-order chi connectivity index (χ0) is 22.1. The minimum atomic E-state index is -3.31. The first-order valence-electron chi connectivity index (χ1n) is 8.50. The second-order valence-electron chi connectivity index (χ2n) is 5.95. The molecule has 0 saturated heterocycles. The molecule has 6 N–H and O–H groups in total. The summed E-state index contributed by atoms with van der Waals surface area (Å²) in [5.74, 6) is 8.68. The minimum Gasteiger partial charge on any atom is -0.399 e. The van der Waals surface area contributed by atoms with Gasteiger partial charge in [-0.25, -0.2) is 14.3 Å². The number of hydrogen-bond acceptors (Lipinski definition) is 5. The van der Waals surface area contributed by atoms with Gasteiger partial charge in [0.2, 0.25) is 0 Å². The molecular formula is C21H17F2N3O4. The Morgan fingerprint density at radius 1 is 0.933 bits per heavy atom. The summed E-state index contributed by atoms with van der Waals surface area (Å²) in [5, 5.41) is 19.9. The predicted molar refractivity (Wildman–Crippen MR) is 104 cm³/mol. The number of benzene rings is 2. The third kappa shape index (κ3) is 6.31. The number of nitrogens with two attached hydrogens (primary N) is 1. The molecule has 0 aliphatic rings. The maximum Gasteiger partial charge on any atom is 0.268 e. The molecule has 0 aliphatic heterocycles. The Kier molecular flexibility index (Phi) is 7.89. The predicted octanol–water partition coefficient (Wildman–Crippen LogP) is 0.902. The summed E-state index contributed by atoms with van der Waals surface area (Å²) < 4.78 is 25.3. The first kappa shape index (κ1) is 22.4. The van der Waals surface area contributed by atoms with Crippen LogP contribution in [0.2, 0.25) is 0 Å². The normalized spacial score (nSPS) is 11.9. The van der Waals surface area contributed by atoms with Gasteiger partial charge in [-0.05, 0) is 60.4 Å². The van der Waals surface area contributed by atoms with Crippen molar-refractivity contribution in [3.63, 3.8) is 0 Å². The van der Waals surface area contributed by atoms with Gasteiger partial charge in [0.15, 0.2) is 0 Å². The zero-order valence-electron chi connectivity index (χ0n) is 15.4. The van der Waals surface area contributed by atoms with Crippen molar-refractivity contribution < 1.29 is 28.7 Å². The summed E-state index contributed by atoms with van der Waals surface area (Å²) in [4.78, 5) is 23.6. The molecule has 9 heteroatoms. The van der Waals surface area contributed by atoms with Gasteiger partial charge in [-0.2, -0.15) is 0 Å². The van der Waals surface area contributed by atoms with Crippen molar-refractivity contribution in [1.82, 2.24) is 10.8 Å². The van der Waals surface area contributed by atoms with Crippen LogP contribution in [-0.2, 0) is 4.79 Å². The van der Waals surface area contributed by atoms with Crippen LogP contribution in [-0.4, -0.2) is 40.7 Å². The topological polar surface area (TPSA) is 125 Å². The standard InChI is InChI=1S/C21H17F2N3O4/c22-19(23)18(27)17(21(29)26-30)25-20(28)15-9-5-13(6-10-15)3-1-2-4-14-7-11-16(24)12-8-14/h5-12,17-19,27,30H,24H2,(H,25,28)(H,26,29)/t17-,18-/m0/s1. The van der Waals surface area contributed by atoms with Gasteiger partial charge in [-0.15, -0.1) is 0 Å². The lowest BCUT2D eigenvalue weighted by atomic mass is 10.1. The van der Waals surface area contributed by atoms with Crippen LogP contribution in [0.3, 0.4) is 0 Å². The molecule has 0 spiro atoms. The fraction of sp³-hybridized carbons (Fsp3) is 0.143. The van der Waals surface area contributed by atoms with Crippen LogP contribution in [0.15, 0.2) is 48.5 Å². The number of nitrogens with one attached hydrogen (secondary N) is 2. The van der Waals surface area contributed by atoms with Gasteiger partial charge >= 0.3 is 0 Å². The molecule has 0 heterocycles.